The van der Waals surface area contributed by atoms with E-state index in [9.17, 15) is 4.79 Å². The summed E-state index contributed by atoms with van der Waals surface area (Å²) in [5, 5.41) is 1.12. The number of nitrogens with zero attached hydrogens (tertiary/aromatic N) is 1. The maximum Gasteiger partial charge on any atom is 0.139 e. The summed E-state index contributed by atoms with van der Waals surface area (Å²) in [7, 11) is 1.94. The summed E-state index contributed by atoms with van der Waals surface area (Å²) < 4.78 is 7.29. The van der Waals surface area contributed by atoms with Gasteiger partial charge in [0.05, 0.1) is 6.04 Å². The van der Waals surface area contributed by atoms with E-state index in [1.165, 1.54) is 17.1 Å². The standard InChI is InChI=1S/C13H22N2O2S2.H2S/c1-5-11(6-2)12(9-16)14-17-19-15(4)13-8-7-10(3)18-13;/h7-9,11-12,14H,5-6H2,1-4H3;1H2. The van der Waals surface area contributed by atoms with Crippen LogP contribution < -0.4 is 9.79 Å². The van der Waals surface area contributed by atoms with Crippen LogP contribution in [0.4, 0.5) is 5.00 Å². The molecular weight excluding hydrogens is 312 g/mol. The molecule has 0 fully saturated rings. The molecule has 0 bridgehead atoms. The third kappa shape index (κ3) is 6.05. The molecule has 1 N–H and O–H groups in total. The third-order valence-electron chi connectivity index (χ3n) is 3.07. The fourth-order valence-corrected chi connectivity index (χ4v) is 3.13. The van der Waals surface area contributed by atoms with Crippen LogP contribution in [0.25, 0.3) is 0 Å². The Hall–Kier alpha value is -0.210. The van der Waals surface area contributed by atoms with Crippen molar-refractivity contribution in [2.75, 3.05) is 11.4 Å². The van der Waals surface area contributed by atoms with Crippen LogP contribution >= 0.6 is 37.1 Å². The summed E-state index contributed by atoms with van der Waals surface area (Å²) in [6.45, 7) is 6.24. The number of hydrogen-bond acceptors (Lipinski definition) is 6. The highest BCUT2D eigenvalue weighted by molar-refractivity contribution is 7.96. The van der Waals surface area contributed by atoms with E-state index < -0.39 is 0 Å². The summed E-state index contributed by atoms with van der Waals surface area (Å²) in [6, 6.07) is 3.87. The van der Waals surface area contributed by atoms with Crippen molar-refractivity contribution >= 4 is 48.3 Å². The first kappa shape index (κ1) is 19.8. The average molecular weight is 337 g/mol. The number of aldehydes is 1. The van der Waals surface area contributed by atoms with Gasteiger partial charge in [0.2, 0.25) is 0 Å². The number of anilines is 1. The summed E-state index contributed by atoms with van der Waals surface area (Å²) >= 11 is 2.90. The van der Waals surface area contributed by atoms with E-state index in [0.717, 1.165) is 24.1 Å². The van der Waals surface area contributed by atoms with Crippen LogP contribution in [0.2, 0.25) is 0 Å². The number of carbonyl (C=O) groups excluding carboxylic acids is 1. The number of nitrogens with one attached hydrogen (secondary N) is 1. The molecule has 0 saturated heterocycles. The smallest absolute Gasteiger partial charge is 0.139 e. The summed E-state index contributed by atoms with van der Waals surface area (Å²) in [5.74, 6) is 0.312. The molecule has 116 valence electrons. The van der Waals surface area contributed by atoms with E-state index in [1.54, 1.807) is 11.3 Å². The highest BCUT2D eigenvalue weighted by atomic mass is 32.2. The van der Waals surface area contributed by atoms with Crippen molar-refractivity contribution in [3.8, 4) is 0 Å². The van der Waals surface area contributed by atoms with Crippen LogP contribution in [-0.2, 0) is 9.08 Å². The monoisotopic (exact) mass is 336 g/mol. The van der Waals surface area contributed by atoms with E-state index in [0.29, 0.717) is 5.92 Å². The number of rotatable bonds is 9. The molecule has 0 aliphatic heterocycles. The van der Waals surface area contributed by atoms with Crippen molar-refractivity contribution in [1.82, 2.24) is 5.48 Å². The number of aryl methyl sites for hydroxylation is 1. The van der Waals surface area contributed by atoms with E-state index in [4.69, 9.17) is 4.28 Å². The van der Waals surface area contributed by atoms with Gasteiger partial charge in [0.15, 0.2) is 0 Å². The van der Waals surface area contributed by atoms with Crippen LogP contribution in [0.15, 0.2) is 12.1 Å². The molecule has 4 nitrogen and oxygen atoms in total. The topological polar surface area (TPSA) is 41.6 Å². The summed E-state index contributed by atoms with van der Waals surface area (Å²) in [6.07, 6.45) is 2.84. The van der Waals surface area contributed by atoms with Crippen LogP contribution in [0.5, 0.6) is 0 Å². The van der Waals surface area contributed by atoms with Gasteiger partial charge in [-0.25, -0.2) is 4.28 Å². The lowest BCUT2D eigenvalue weighted by atomic mass is 9.96. The van der Waals surface area contributed by atoms with Gasteiger partial charge >= 0.3 is 0 Å². The van der Waals surface area contributed by atoms with Gasteiger partial charge in [-0.15, -0.1) is 11.3 Å². The fraction of sp³-hybridized carbons (Fsp3) is 0.615. The highest BCUT2D eigenvalue weighted by Crippen LogP contribution is 2.28. The lowest BCUT2D eigenvalue weighted by Crippen LogP contribution is -2.36. The molecule has 0 saturated carbocycles. The lowest BCUT2D eigenvalue weighted by molar-refractivity contribution is -0.112. The van der Waals surface area contributed by atoms with E-state index in [1.807, 2.05) is 11.4 Å². The van der Waals surface area contributed by atoms with Crippen LogP contribution in [0, 0.1) is 12.8 Å². The van der Waals surface area contributed by atoms with Crippen molar-refractivity contribution in [3.05, 3.63) is 17.0 Å². The average Bonchev–Trinajstić information content (AvgIpc) is 2.84. The summed E-state index contributed by atoms with van der Waals surface area (Å²) in [4.78, 5) is 12.3. The Bertz CT molecular complexity index is 383. The third-order valence-corrected chi connectivity index (χ3v) is 4.86. The number of thiophene rings is 1. The molecule has 20 heavy (non-hydrogen) atoms. The Morgan fingerprint density at radius 1 is 1.45 bits per heavy atom. The minimum atomic E-state index is -0.249. The molecule has 0 radical (unpaired) electrons. The lowest BCUT2D eigenvalue weighted by Gasteiger charge is -2.21. The Morgan fingerprint density at radius 3 is 2.55 bits per heavy atom. The number of carbonyl (C=O) groups is 1. The molecule has 1 rings (SSSR count). The fourth-order valence-electron chi connectivity index (χ4n) is 1.79. The van der Waals surface area contributed by atoms with Crippen molar-refractivity contribution in [1.29, 1.82) is 0 Å². The van der Waals surface area contributed by atoms with Crippen LogP contribution in [0.3, 0.4) is 0 Å². The van der Waals surface area contributed by atoms with E-state index in [-0.39, 0.29) is 19.5 Å². The van der Waals surface area contributed by atoms with Gasteiger partial charge < -0.3 is 4.79 Å². The first-order valence-electron chi connectivity index (χ1n) is 6.46. The molecule has 1 aromatic rings. The maximum absolute atomic E-state index is 11.1. The Balaban J connectivity index is 0.00000361. The predicted octanol–water partition coefficient (Wildman–Crippen LogP) is 3.69. The molecule has 7 heteroatoms. The Labute approximate surface area is 137 Å². The van der Waals surface area contributed by atoms with E-state index >= 15 is 0 Å². The van der Waals surface area contributed by atoms with Crippen molar-refractivity contribution in [3.63, 3.8) is 0 Å². The van der Waals surface area contributed by atoms with Gasteiger partial charge in [-0.3, -0.25) is 4.31 Å². The first-order chi connectivity index (χ1) is 9.12. The van der Waals surface area contributed by atoms with Gasteiger partial charge in [0.25, 0.3) is 0 Å². The van der Waals surface area contributed by atoms with Gasteiger partial charge in [-0.1, -0.05) is 26.7 Å². The van der Waals surface area contributed by atoms with Crippen molar-refractivity contribution in [2.24, 2.45) is 5.92 Å². The minimum Gasteiger partial charge on any atom is -0.302 e. The van der Waals surface area contributed by atoms with E-state index in [2.05, 4.69) is 38.4 Å². The highest BCUT2D eigenvalue weighted by Gasteiger charge is 2.18. The van der Waals surface area contributed by atoms with Crippen LogP contribution in [-0.4, -0.2) is 19.4 Å². The number of hydrogen-bond donors (Lipinski definition) is 1. The maximum atomic E-state index is 11.1. The predicted molar refractivity (Wildman–Crippen MR) is 93.6 cm³/mol. The van der Waals surface area contributed by atoms with Gasteiger partial charge in [0, 0.05) is 11.9 Å². The number of hydroxylamine groups is 1. The molecule has 1 atom stereocenters. The molecule has 0 amide bonds. The van der Waals surface area contributed by atoms with Crippen molar-refractivity contribution < 1.29 is 9.08 Å². The quantitative estimate of drug-likeness (QED) is 0.322. The van der Waals surface area contributed by atoms with Gasteiger partial charge in [0.1, 0.15) is 23.5 Å². The van der Waals surface area contributed by atoms with Crippen molar-refractivity contribution in [2.45, 2.75) is 39.7 Å². The minimum absolute atomic E-state index is 0. The normalized spacial score (nSPS) is 12.1. The molecule has 1 aromatic heterocycles. The second kappa shape index (κ2) is 10.5. The first-order valence-corrected chi connectivity index (χ1v) is 7.98. The van der Waals surface area contributed by atoms with Gasteiger partial charge in [-0.05, 0) is 25.0 Å². The second-order valence-electron chi connectivity index (χ2n) is 4.40. The second-order valence-corrected chi connectivity index (χ2v) is 6.53. The molecule has 0 aliphatic rings. The molecular formula is C13H24N2O2S3. The molecule has 1 heterocycles. The zero-order chi connectivity index (χ0) is 14.3. The summed E-state index contributed by atoms with van der Waals surface area (Å²) in [5.41, 5.74) is 2.84. The van der Waals surface area contributed by atoms with Gasteiger partial charge in [-0.2, -0.15) is 19.0 Å². The Kier molecular flexibility index (Phi) is 10.4. The molecule has 0 aromatic carbocycles. The molecule has 0 spiro atoms. The van der Waals surface area contributed by atoms with Crippen LogP contribution in [0.1, 0.15) is 31.6 Å². The SMILES string of the molecule is CCC(CC)C(C=O)NOSN(C)c1ccc(C)s1.S. The Morgan fingerprint density at radius 2 is 2.10 bits per heavy atom. The largest absolute Gasteiger partial charge is 0.302 e. The zero-order valence-corrected chi connectivity index (χ0v) is 15.0. The molecule has 0 aliphatic carbocycles. The molecule has 1 unspecified atom stereocenters. The zero-order valence-electron chi connectivity index (χ0n) is 12.4.